The Morgan fingerprint density at radius 2 is 2.38 bits per heavy atom. The van der Waals surface area contributed by atoms with Crippen molar-refractivity contribution in [3.63, 3.8) is 0 Å². The third-order valence-electron chi connectivity index (χ3n) is 1.56. The number of rotatable bonds is 1. The molecule has 0 aliphatic carbocycles. The summed E-state index contributed by atoms with van der Waals surface area (Å²) in [4.78, 5) is 8.09. The maximum Gasteiger partial charge on any atom is 0.194 e. The first-order valence-corrected chi connectivity index (χ1v) is 4.54. The van der Waals surface area contributed by atoms with Gasteiger partial charge in [0.05, 0.1) is 5.69 Å². The third-order valence-corrected chi connectivity index (χ3v) is 2.30. The van der Waals surface area contributed by atoms with E-state index in [0.29, 0.717) is 5.01 Å². The summed E-state index contributed by atoms with van der Waals surface area (Å²) >= 11 is 1.34. The van der Waals surface area contributed by atoms with Crippen LogP contribution in [0.15, 0.2) is 29.9 Å². The molecule has 3 nitrogen and oxygen atoms in total. The molecule has 0 N–H and O–H groups in total. The molecule has 2 rings (SSSR count). The number of hydrogen-bond acceptors (Lipinski definition) is 4. The summed E-state index contributed by atoms with van der Waals surface area (Å²) in [5.74, 6) is 0. The van der Waals surface area contributed by atoms with Crippen molar-refractivity contribution in [2.24, 2.45) is 0 Å². The fourth-order valence-electron chi connectivity index (χ4n) is 0.972. The average Bonchev–Trinajstić information content (AvgIpc) is 2.67. The second-order valence-electron chi connectivity index (χ2n) is 2.39. The molecule has 2 aromatic rings. The molecule has 0 atom stereocenters. The Kier molecular flexibility index (Phi) is 2.02. The molecule has 0 spiro atoms. The zero-order valence-electron chi connectivity index (χ0n) is 6.64. The molecule has 0 bridgehead atoms. The number of thiazole rings is 1. The highest BCUT2D eigenvalue weighted by molar-refractivity contribution is 7.10. The molecular weight excluding hydrogens is 182 g/mol. The number of nitriles is 1. The van der Waals surface area contributed by atoms with Crippen molar-refractivity contribution < 1.29 is 0 Å². The first-order chi connectivity index (χ1) is 6.40. The van der Waals surface area contributed by atoms with E-state index in [1.54, 1.807) is 12.4 Å². The lowest BCUT2D eigenvalue weighted by Crippen LogP contribution is -1.78. The van der Waals surface area contributed by atoms with Gasteiger partial charge >= 0.3 is 0 Å². The molecule has 0 aliphatic rings. The van der Waals surface area contributed by atoms with Crippen molar-refractivity contribution in [2.75, 3.05) is 0 Å². The van der Waals surface area contributed by atoms with E-state index in [-0.39, 0.29) is 0 Å². The van der Waals surface area contributed by atoms with E-state index in [0.717, 1.165) is 11.3 Å². The first-order valence-electron chi connectivity index (χ1n) is 3.66. The van der Waals surface area contributed by atoms with Crippen LogP contribution in [0, 0.1) is 11.3 Å². The topological polar surface area (TPSA) is 49.6 Å². The summed E-state index contributed by atoms with van der Waals surface area (Å²) in [5, 5.41) is 10.9. The number of nitrogens with zero attached hydrogens (tertiary/aromatic N) is 3. The van der Waals surface area contributed by atoms with E-state index in [4.69, 9.17) is 5.26 Å². The summed E-state index contributed by atoms with van der Waals surface area (Å²) in [6.07, 6.45) is 3.44. The van der Waals surface area contributed by atoms with Crippen LogP contribution in [0.2, 0.25) is 0 Å². The first kappa shape index (κ1) is 7.90. The van der Waals surface area contributed by atoms with Gasteiger partial charge in [0.15, 0.2) is 5.01 Å². The number of aromatic nitrogens is 2. The smallest absolute Gasteiger partial charge is 0.194 e. The predicted molar refractivity (Wildman–Crippen MR) is 50.1 cm³/mol. The molecule has 0 aromatic carbocycles. The fourth-order valence-corrected chi connectivity index (χ4v) is 1.59. The molecule has 0 unspecified atom stereocenters. The molecule has 0 saturated carbocycles. The molecule has 0 saturated heterocycles. The third kappa shape index (κ3) is 1.55. The van der Waals surface area contributed by atoms with E-state index in [1.165, 1.54) is 11.3 Å². The van der Waals surface area contributed by atoms with Crippen LogP contribution in [0.4, 0.5) is 0 Å². The Morgan fingerprint density at radius 1 is 1.46 bits per heavy atom. The molecule has 13 heavy (non-hydrogen) atoms. The van der Waals surface area contributed by atoms with Gasteiger partial charge in [0.25, 0.3) is 0 Å². The highest BCUT2D eigenvalue weighted by Gasteiger charge is 2.02. The van der Waals surface area contributed by atoms with Gasteiger partial charge in [-0.15, -0.1) is 11.3 Å². The lowest BCUT2D eigenvalue weighted by Gasteiger charge is -1.91. The highest BCUT2D eigenvalue weighted by Crippen LogP contribution is 2.19. The molecule has 2 heterocycles. The van der Waals surface area contributed by atoms with Crippen molar-refractivity contribution >= 4 is 11.3 Å². The Labute approximate surface area is 79.3 Å². The van der Waals surface area contributed by atoms with Crippen LogP contribution in [-0.2, 0) is 0 Å². The second-order valence-corrected chi connectivity index (χ2v) is 3.25. The highest BCUT2D eigenvalue weighted by atomic mass is 32.1. The summed E-state index contributed by atoms with van der Waals surface area (Å²) in [5.41, 5.74) is 1.76. The van der Waals surface area contributed by atoms with Gasteiger partial charge in [-0.25, -0.2) is 4.98 Å². The van der Waals surface area contributed by atoms with Gasteiger partial charge in [0.2, 0.25) is 0 Å². The quantitative estimate of drug-likeness (QED) is 0.686. The molecular formula is C9H5N3S. The van der Waals surface area contributed by atoms with Crippen LogP contribution in [0.1, 0.15) is 5.01 Å². The van der Waals surface area contributed by atoms with Gasteiger partial charge in [-0.3, -0.25) is 4.98 Å². The zero-order valence-corrected chi connectivity index (χ0v) is 7.45. The molecule has 0 aliphatic heterocycles. The minimum Gasteiger partial charge on any atom is -0.264 e. The maximum atomic E-state index is 8.58. The van der Waals surface area contributed by atoms with Crippen molar-refractivity contribution in [2.45, 2.75) is 0 Å². The van der Waals surface area contributed by atoms with Crippen LogP contribution >= 0.6 is 11.3 Å². The van der Waals surface area contributed by atoms with E-state index >= 15 is 0 Å². The normalized spacial score (nSPS) is 9.46. The summed E-state index contributed by atoms with van der Waals surface area (Å²) < 4.78 is 0. The van der Waals surface area contributed by atoms with Gasteiger partial charge in [-0.2, -0.15) is 5.26 Å². The van der Waals surface area contributed by atoms with Crippen LogP contribution < -0.4 is 0 Å². The fraction of sp³-hybridized carbons (Fsp3) is 0. The molecule has 0 radical (unpaired) electrons. The van der Waals surface area contributed by atoms with Gasteiger partial charge in [-0.1, -0.05) is 0 Å². The average molecular weight is 187 g/mol. The Bertz CT molecular complexity index is 441. The summed E-state index contributed by atoms with van der Waals surface area (Å²) in [6, 6.07) is 5.77. The van der Waals surface area contributed by atoms with Crippen molar-refractivity contribution in [1.82, 2.24) is 9.97 Å². The summed E-state index contributed by atoms with van der Waals surface area (Å²) in [6.45, 7) is 0. The number of hydrogen-bond donors (Lipinski definition) is 0. The van der Waals surface area contributed by atoms with Crippen LogP contribution in [0.5, 0.6) is 0 Å². The largest absolute Gasteiger partial charge is 0.264 e. The van der Waals surface area contributed by atoms with Crippen LogP contribution in [0.3, 0.4) is 0 Å². The molecule has 62 valence electrons. The van der Waals surface area contributed by atoms with Gasteiger partial charge in [0, 0.05) is 23.3 Å². The zero-order chi connectivity index (χ0) is 9.10. The van der Waals surface area contributed by atoms with E-state index in [9.17, 15) is 0 Å². The maximum absolute atomic E-state index is 8.58. The van der Waals surface area contributed by atoms with Gasteiger partial charge < -0.3 is 0 Å². The van der Waals surface area contributed by atoms with E-state index in [1.807, 2.05) is 23.6 Å². The van der Waals surface area contributed by atoms with Gasteiger partial charge in [-0.05, 0) is 12.1 Å². The predicted octanol–water partition coefficient (Wildman–Crippen LogP) is 2.08. The Balaban J connectivity index is 2.43. The Hall–Kier alpha value is -1.73. The van der Waals surface area contributed by atoms with Crippen molar-refractivity contribution in [1.29, 1.82) is 5.26 Å². The molecule has 0 fully saturated rings. The lowest BCUT2D eigenvalue weighted by atomic mass is 10.2. The second kappa shape index (κ2) is 3.33. The van der Waals surface area contributed by atoms with Gasteiger partial charge in [0.1, 0.15) is 6.07 Å². The molecule has 0 amide bonds. The lowest BCUT2D eigenvalue weighted by molar-refractivity contribution is 1.29. The molecule has 4 heteroatoms. The van der Waals surface area contributed by atoms with Crippen LogP contribution in [-0.4, -0.2) is 9.97 Å². The van der Waals surface area contributed by atoms with Crippen LogP contribution in [0.25, 0.3) is 11.3 Å². The Morgan fingerprint density at radius 3 is 3.00 bits per heavy atom. The summed E-state index contributed by atoms with van der Waals surface area (Å²) in [7, 11) is 0. The van der Waals surface area contributed by atoms with E-state index in [2.05, 4.69) is 9.97 Å². The number of pyridine rings is 1. The monoisotopic (exact) mass is 187 g/mol. The van der Waals surface area contributed by atoms with Crippen molar-refractivity contribution in [3.8, 4) is 17.3 Å². The minimum absolute atomic E-state index is 0.485. The van der Waals surface area contributed by atoms with E-state index < -0.39 is 0 Å². The standard InChI is InChI=1S/C9H5N3S/c10-4-9-12-8(6-13-9)7-2-1-3-11-5-7/h1-3,5-6H. The minimum atomic E-state index is 0.485. The van der Waals surface area contributed by atoms with Crippen molar-refractivity contribution in [3.05, 3.63) is 34.9 Å². The SMILES string of the molecule is N#Cc1nc(-c2cccnc2)cs1. The molecule has 2 aromatic heterocycles.